The molecule has 0 saturated heterocycles. The second-order valence-electron chi connectivity index (χ2n) is 8.82. The number of hydrogen-bond acceptors (Lipinski definition) is 1. The molecule has 0 radical (unpaired) electrons. The van der Waals surface area contributed by atoms with Gasteiger partial charge in [0.15, 0.2) is 0 Å². The van der Waals surface area contributed by atoms with E-state index in [0.717, 1.165) is 36.8 Å². The molecule has 0 aliphatic heterocycles. The highest BCUT2D eigenvalue weighted by atomic mass is 16.2. The molecule has 0 aromatic heterocycles. The molecule has 5 fully saturated rings. The Bertz CT molecular complexity index is 400. The van der Waals surface area contributed by atoms with Crippen LogP contribution in [0.4, 0.5) is 4.79 Å². The maximum atomic E-state index is 12.1. The van der Waals surface area contributed by atoms with E-state index in [1.807, 2.05) is 0 Å². The molecule has 22 heavy (non-hydrogen) atoms. The first-order valence-corrected chi connectivity index (χ1v) is 9.74. The summed E-state index contributed by atoms with van der Waals surface area (Å²) in [7, 11) is 0. The maximum Gasteiger partial charge on any atom is 0.314 e. The lowest BCUT2D eigenvalue weighted by molar-refractivity contribution is 0.0668. The molecule has 3 heteroatoms. The van der Waals surface area contributed by atoms with Gasteiger partial charge in [-0.2, -0.15) is 0 Å². The number of urea groups is 1. The zero-order chi connectivity index (χ0) is 15.0. The van der Waals surface area contributed by atoms with Crippen LogP contribution in [0, 0.1) is 29.1 Å². The summed E-state index contributed by atoms with van der Waals surface area (Å²) in [5, 5.41) is 6.29. The van der Waals surface area contributed by atoms with Crippen molar-refractivity contribution in [3.8, 4) is 0 Å². The second kappa shape index (κ2) is 6.05. The van der Waals surface area contributed by atoms with Gasteiger partial charge >= 0.3 is 6.03 Å². The number of hydrogen-bond donors (Lipinski definition) is 2. The van der Waals surface area contributed by atoms with Gasteiger partial charge in [-0.05, 0) is 93.3 Å². The monoisotopic (exact) mass is 304 g/mol. The smallest absolute Gasteiger partial charge is 0.314 e. The van der Waals surface area contributed by atoms with E-state index in [-0.39, 0.29) is 6.03 Å². The predicted molar refractivity (Wildman–Crippen MR) is 88.6 cm³/mol. The first-order chi connectivity index (χ1) is 10.7. The molecule has 5 aliphatic carbocycles. The standard InChI is InChI=1S/C19H32N2O/c22-18(20-10-6-17-12-15-1-2-16(17)11-15)21-13-19-7-3-14(4-8-19)5-9-19/h14-17H,1-13H2,(H2,20,21,22). The van der Waals surface area contributed by atoms with E-state index in [1.54, 1.807) is 0 Å². The molecule has 0 heterocycles. The molecule has 2 amide bonds. The lowest BCUT2D eigenvalue weighted by atomic mass is 9.61. The summed E-state index contributed by atoms with van der Waals surface area (Å²) in [5.41, 5.74) is 0.441. The van der Waals surface area contributed by atoms with Crippen LogP contribution >= 0.6 is 0 Å². The fourth-order valence-corrected chi connectivity index (χ4v) is 6.04. The fraction of sp³-hybridized carbons (Fsp3) is 0.947. The van der Waals surface area contributed by atoms with Crippen molar-refractivity contribution in [1.29, 1.82) is 0 Å². The lowest BCUT2D eigenvalue weighted by Gasteiger charge is -2.46. The van der Waals surface area contributed by atoms with E-state index in [4.69, 9.17) is 0 Å². The van der Waals surface area contributed by atoms with Gasteiger partial charge in [0.25, 0.3) is 0 Å². The molecule has 3 unspecified atom stereocenters. The summed E-state index contributed by atoms with van der Waals surface area (Å²) in [6.45, 7) is 1.77. The van der Waals surface area contributed by atoms with E-state index < -0.39 is 0 Å². The van der Waals surface area contributed by atoms with Crippen LogP contribution in [0.2, 0.25) is 0 Å². The largest absolute Gasteiger partial charge is 0.338 e. The highest BCUT2D eigenvalue weighted by Gasteiger charge is 2.40. The van der Waals surface area contributed by atoms with Gasteiger partial charge < -0.3 is 10.6 Å². The Kier molecular flexibility index (Phi) is 4.08. The van der Waals surface area contributed by atoms with Crippen molar-refractivity contribution in [2.75, 3.05) is 13.1 Å². The Hall–Kier alpha value is -0.730. The molecule has 3 atom stereocenters. The van der Waals surface area contributed by atoms with Crippen molar-refractivity contribution >= 4 is 6.03 Å². The summed E-state index contributed by atoms with van der Waals surface area (Å²) in [4.78, 5) is 12.1. The first-order valence-electron chi connectivity index (χ1n) is 9.74. The minimum atomic E-state index is 0.0743. The van der Waals surface area contributed by atoms with Gasteiger partial charge in [0.2, 0.25) is 0 Å². The Balaban J connectivity index is 1.14. The highest BCUT2D eigenvalue weighted by molar-refractivity contribution is 5.73. The third-order valence-corrected chi connectivity index (χ3v) is 7.56. The average Bonchev–Trinajstić information content (AvgIpc) is 3.18. The number of amides is 2. The van der Waals surface area contributed by atoms with Gasteiger partial charge in [0, 0.05) is 13.1 Å². The van der Waals surface area contributed by atoms with Crippen molar-refractivity contribution < 1.29 is 4.79 Å². The van der Waals surface area contributed by atoms with Crippen molar-refractivity contribution in [3.05, 3.63) is 0 Å². The fourth-order valence-electron chi connectivity index (χ4n) is 6.04. The third kappa shape index (κ3) is 3.00. The van der Waals surface area contributed by atoms with Crippen molar-refractivity contribution in [2.24, 2.45) is 29.1 Å². The second-order valence-corrected chi connectivity index (χ2v) is 8.82. The molecule has 124 valence electrons. The molecule has 2 N–H and O–H groups in total. The van der Waals surface area contributed by atoms with Crippen LogP contribution in [0.5, 0.6) is 0 Å². The normalized spacial score (nSPS) is 42.5. The first kappa shape index (κ1) is 14.8. The summed E-state index contributed by atoms with van der Waals surface area (Å²) in [6.07, 6.45) is 15.2. The van der Waals surface area contributed by atoms with Crippen molar-refractivity contribution in [1.82, 2.24) is 10.6 Å². The molecule has 5 rings (SSSR count). The average molecular weight is 304 g/mol. The highest BCUT2D eigenvalue weighted by Crippen LogP contribution is 2.50. The van der Waals surface area contributed by atoms with Crippen LogP contribution in [0.3, 0.4) is 0 Å². The van der Waals surface area contributed by atoms with E-state index in [2.05, 4.69) is 10.6 Å². The van der Waals surface area contributed by atoms with E-state index in [9.17, 15) is 4.79 Å². The molecular formula is C19H32N2O. The number of carbonyl (C=O) groups excluding carboxylic acids is 1. The predicted octanol–water partition coefficient (Wildman–Crippen LogP) is 4.08. The van der Waals surface area contributed by atoms with Crippen molar-refractivity contribution in [3.63, 3.8) is 0 Å². The minimum Gasteiger partial charge on any atom is -0.338 e. The zero-order valence-corrected chi connectivity index (χ0v) is 13.9. The van der Waals surface area contributed by atoms with E-state index in [0.29, 0.717) is 5.41 Å². The molecule has 0 aromatic carbocycles. The van der Waals surface area contributed by atoms with Gasteiger partial charge in [-0.15, -0.1) is 0 Å². The Morgan fingerprint density at radius 2 is 1.68 bits per heavy atom. The van der Waals surface area contributed by atoms with Crippen LogP contribution in [0.1, 0.15) is 70.6 Å². The van der Waals surface area contributed by atoms with Crippen LogP contribution in [0.15, 0.2) is 0 Å². The topological polar surface area (TPSA) is 41.1 Å². The third-order valence-electron chi connectivity index (χ3n) is 7.56. The van der Waals surface area contributed by atoms with Gasteiger partial charge in [0.05, 0.1) is 0 Å². The Morgan fingerprint density at radius 1 is 0.909 bits per heavy atom. The summed E-state index contributed by atoms with van der Waals surface area (Å²) in [6, 6.07) is 0.0743. The molecule has 5 saturated carbocycles. The Morgan fingerprint density at radius 3 is 2.32 bits per heavy atom. The van der Waals surface area contributed by atoms with Crippen LogP contribution < -0.4 is 10.6 Å². The molecular weight excluding hydrogens is 272 g/mol. The number of carbonyl (C=O) groups is 1. The van der Waals surface area contributed by atoms with E-state index in [1.165, 1.54) is 70.6 Å². The van der Waals surface area contributed by atoms with Gasteiger partial charge in [-0.25, -0.2) is 4.79 Å². The Labute approximate surface area is 135 Å². The summed E-state index contributed by atoms with van der Waals surface area (Å²) >= 11 is 0. The number of fused-ring (bicyclic) bond motifs is 5. The molecule has 5 aliphatic rings. The number of rotatable bonds is 5. The minimum absolute atomic E-state index is 0.0743. The number of nitrogens with one attached hydrogen (secondary N) is 2. The van der Waals surface area contributed by atoms with Crippen LogP contribution in [-0.2, 0) is 0 Å². The van der Waals surface area contributed by atoms with Crippen molar-refractivity contribution in [2.45, 2.75) is 70.6 Å². The van der Waals surface area contributed by atoms with Crippen LogP contribution in [-0.4, -0.2) is 19.1 Å². The van der Waals surface area contributed by atoms with Gasteiger partial charge in [0.1, 0.15) is 0 Å². The molecule has 4 bridgehead atoms. The quantitative estimate of drug-likeness (QED) is 0.789. The van der Waals surface area contributed by atoms with Gasteiger partial charge in [-0.3, -0.25) is 0 Å². The maximum absolute atomic E-state index is 12.1. The lowest BCUT2D eigenvalue weighted by Crippen LogP contribution is -2.46. The van der Waals surface area contributed by atoms with Gasteiger partial charge in [-0.1, -0.05) is 6.42 Å². The zero-order valence-electron chi connectivity index (χ0n) is 13.9. The SMILES string of the molecule is O=C(NCCC1CC2CCC1C2)NCC12CCC(CC1)CC2. The van der Waals surface area contributed by atoms with E-state index >= 15 is 0 Å². The molecule has 0 aromatic rings. The molecule has 0 spiro atoms. The summed E-state index contributed by atoms with van der Waals surface area (Å²) < 4.78 is 0. The summed E-state index contributed by atoms with van der Waals surface area (Å²) in [5.74, 6) is 3.89. The van der Waals surface area contributed by atoms with Crippen LogP contribution in [0.25, 0.3) is 0 Å². The molecule has 3 nitrogen and oxygen atoms in total.